The van der Waals surface area contributed by atoms with Crippen molar-refractivity contribution in [1.82, 2.24) is 14.9 Å². The monoisotopic (exact) mass is 321 g/mol. The number of aromatic nitrogens is 2. The Bertz CT molecular complexity index is 703. The molecule has 1 aliphatic heterocycles. The van der Waals surface area contributed by atoms with Crippen LogP contribution in [0.2, 0.25) is 0 Å². The number of nitrogens with zero attached hydrogens (tertiary/aromatic N) is 2. The molecule has 2 aromatic heterocycles. The van der Waals surface area contributed by atoms with Crippen molar-refractivity contribution in [3.8, 4) is 0 Å². The highest BCUT2D eigenvalue weighted by Gasteiger charge is 2.15. The molecule has 7 heteroatoms. The normalized spacial score (nSPS) is 18.5. The van der Waals surface area contributed by atoms with Crippen LogP contribution in [0.3, 0.4) is 0 Å². The van der Waals surface area contributed by atoms with Gasteiger partial charge in [-0.1, -0.05) is 0 Å². The number of nitrogens with one attached hydrogen (secondary N) is 1. The van der Waals surface area contributed by atoms with Crippen molar-refractivity contribution in [2.75, 3.05) is 19.8 Å². The van der Waals surface area contributed by atoms with E-state index >= 15 is 0 Å². The first-order chi connectivity index (χ1) is 10.7. The minimum absolute atomic E-state index is 0.0390. The number of aryl methyl sites for hydroxylation is 1. The van der Waals surface area contributed by atoms with E-state index < -0.39 is 0 Å². The molecule has 3 heterocycles. The lowest BCUT2D eigenvalue weighted by atomic mass is 10.0. The average Bonchev–Trinajstić information content (AvgIpc) is 3.03. The SMILES string of the molecule is O=C(CCn1cnc2sccc2c1=O)NC[C@H]1CCCOC1. The predicted octanol–water partition coefficient (Wildman–Crippen LogP) is 1.39. The second-order valence-corrected chi connectivity index (χ2v) is 6.41. The molecule has 118 valence electrons. The fraction of sp³-hybridized carbons (Fsp3) is 0.533. The van der Waals surface area contributed by atoms with Crippen molar-refractivity contribution < 1.29 is 9.53 Å². The van der Waals surface area contributed by atoms with Gasteiger partial charge in [0.2, 0.25) is 5.91 Å². The van der Waals surface area contributed by atoms with Crippen LogP contribution in [-0.4, -0.2) is 35.2 Å². The van der Waals surface area contributed by atoms with Gasteiger partial charge in [0.25, 0.3) is 5.56 Å². The van der Waals surface area contributed by atoms with E-state index in [1.54, 1.807) is 6.07 Å². The summed E-state index contributed by atoms with van der Waals surface area (Å²) in [6.45, 7) is 2.55. The molecule has 0 aromatic carbocycles. The second kappa shape index (κ2) is 7.02. The maximum atomic E-state index is 12.2. The standard InChI is InChI=1S/C15H19N3O3S/c19-13(16-8-11-2-1-6-21-9-11)3-5-18-10-17-14-12(15(18)20)4-7-22-14/h4,7,10-11H,1-3,5-6,8-9H2,(H,16,19)/t11-/m1/s1. The van der Waals surface area contributed by atoms with E-state index in [0.717, 1.165) is 30.9 Å². The number of thiophene rings is 1. The summed E-state index contributed by atoms with van der Waals surface area (Å²) in [5.74, 6) is 0.368. The van der Waals surface area contributed by atoms with Crippen molar-refractivity contribution in [1.29, 1.82) is 0 Å². The molecule has 0 saturated carbocycles. The smallest absolute Gasteiger partial charge is 0.262 e. The molecule has 0 spiro atoms. The molecule has 0 radical (unpaired) electrons. The first-order valence-electron chi connectivity index (χ1n) is 7.51. The quantitative estimate of drug-likeness (QED) is 0.903. The number of ether oxygens (including phenoxy) is 1. The first kappa shape index (κ1) is 15.2. The summed E-state index contributed by atoms with van der Waals surface area (Å²) in [6, 6.07) is 1.77. The first-order valence-corrected chi connectivity index (χ1v) is 8.39. The van der Waals surface area contributed by atoms with Crippen LogP contribution >= 0.6 is 11.3 Å². The van der Waals surface area contributed by atoms with Crippen LogP contribution in [0.5, 0.6) is 0 Å². The van der Waals surface area contributed by atoms with Crippen molar-refractivity contribution in [3.63, 3.8) is 0 Å². The van der Waals surface area contributed by atoms with Crippen LogP contribution in [0.25, 0.3) is 10.2 Å². The van der Waals surface area contributed by atoms with Crippen LogP contribution in [0.15, 0.2) is 22.6 Å². The van der Waals surface area contributed by atoms with E-state index in [-0.39, 0.29) is 17.9 Å². The molecule has 1 saturated heterocycles. The van der Waals surface area contributed by atoms with E-state index in [2.05, 4.69) is 10.3 Å². The highest BCUT2D eigenvalue weighted by molar-refractivity contribution is 7.16. The summed E-state index contributed by atoms with van der Waals surface area (Å²) in [5.41, 5.74) is -0.0836. The zero-order valence-electron chi connectivity index (χ0n) is 12.3. The van der Waals surface area contributed by atoms with Crippen molar-refractivity contribution in [3.05, 3.63) is 28.1 Å². The number of carbonyl (C=O) groups excluding carboxylic acids is 1. The summed E-state index contributed by atoms with van der Waals surface area (Å²) in [7, 11) is 0. The third kappa shape index (κ3) is 3.53. The number of fused-ring (bicyclic) bond motifs is 1. The number of amides is 1. The Labute approximate surface area is 132 Å². The molecule has 3 rings (SSSR count). The van der Waals surface area contributed by atoms with Gasteiger partial charge >= 0.3 is 0 Å². The molecule has 0 aliphatic carbocycles. The Balaban J connectivity index is 1.51. The van der Waals surface area contributed by atoms with Gasteiger partial charge in [0.15, 0.2) is 0 Å². The fourth-order valence-corrected chi connectivity index (χ4v) is 3.31. The van der Waals surface area contributed by atoms with E-state index in [9.17, 15) is 9.59 Å². The Morgan fingerprint density at radius 2 is 2.45 bits per heavy atom. The molecular formula is C15H19N3O3S. The highest BCUT2D eigenvalue weighted by atomic mass is 32.1. The molecule has 6 nitrogen and oxygen atoms in total. The van der Waals surface area contributed by atoms with Gasteiger partial charge in [-0.2, -0.15) is 0 Å². The van der Waals surface area contributed by atoms with Crippen molar-refractivity contribution >= 4 is 27.5 Å². The maximum absolute atomic E-state index is 12.2. The van der Waals surface area contributed by atoms with Gasteiger partial charge in [0.1, 0.15) is 4.83 Å². The van der Waals surface area contributed by atoms with Crippen LogP contribution in [0.4, 0.5) is 0 Å². The zero-order valence-corrected chi connectivity index (χ0v) is 13.1. The molecule has 1 amide bonds. The highest BCUT2D eigenvalue weighted by Crippen LogP contribution is 2.13. The van der Waals surface area contributed by atoms with Crippen molar-refractivity contribution in [2.24, 2.45) is 5.92 Å². The van der Waals surface area contributed by atoms with E-state index in [1.807, 2.05) is 5.38 Å². The zero-order chi connectivity index (χ0) is 15.4. The molecule has 22 heavy (non-hydrogen) atoms. The summed E-state index contributed by atoms with van der Waals surface area (Å²) in [5, 5.41) is 5.39. The lowest BCUT2D eigenvalue weighted by molar-refractivity contribution is -0.121. The molecule has 1 N–H and O–H groups in total. The minimum atomic E-state index is -0.0836. The topological polar surface area (TPSA) is 73.2 Å². The number of hydrogen-bond acceptors (Lipinski definition) is 5. The van der Waals surface area contributed by atoms with Gasteiger partial charge in [-0.25, -0.2) is 4.98 Å². The summed E-state index contributed by atoms with van der Waals surface area (Å²) < 4.78 is 6.89. The van der Waals surface area contributed by atoms with Crippen LogP contribution in [-0.2, 0) is 16.1 Å². The third-order valence-corrected chi connectivity index (χ3v) is 4.69. The van der Waals surface area contributed by atoms with Crippen LogP contribution < -0.4 is 10.9 Å². The molecule has 1 atom stereocenters. The molecule has 1 aliphatic rings. The van der Waals surface area contributed by atoms with E-state index in [0.29, 0.717) is 24.4 Å². The summed E-state index contributed by atoms with van der Waals surface area (Å²) in [4.78, 5) is 29.1. The summed E-state index contributed by atoms with van der Waals surface area (Å²) in [6.07, 6.45) is 3.95. The largest absolute Gasteiger partial charge is 0.381 e. The van der Waals surface area contributed by atoms with Gasteiger partial charge in [0.05, 0.1) is 18.3 Å². The van der Waals surface area contributed by atoms with Gasteiger partial charge in [-0.05, 0) is 30.2 Å². The second-order valence-electron chi connectivity index (χ2n) is 5.52. The van der Waals surface area contributed by atoms with Gasteiger partial charge in [-0.3, -0.25) is 14.2 Å². The number of carbonyl (C=O) groups is 1. The summed E-state index contributed by atoms with van der Waals surface area (Å²) >= 11 is 1.44. The lowest BCUT2D eigenvalue weighted by Crippen LogP contribution is -2.34. The number of rotatable bonds is 5. The van der Waals surface area contributed by atoms with Crippen LogP contribution in [0, 0.1) is 5.92 Å². The van der Waals surface area contributed by atoms with Gasteiger partial charge in [-0.15, -0.1) is 11.3 Å². The lowest BCUT2D eigenvalue weighted by Gasteiger charge is -2.22. The predicted molar refractivity (Wildman–Crippen MR) is 85.0 cm³/mol. The van der Waals surface area contributed by atoms with Gasteiger partial charge in [0, 0.05) is 26.1 Å². The fourth-order valence-electron chi connectivity index (χ4n) is 2.59. The third-order valence-electron chi connectivity index (χ3n) is 3.87. The van der Waals surface area contributed by atoms with Gasteiger partial charge < -0.3 is 10.1 Å². The maximum Gasteiger partial charge on any atom is 0.262 e. The average molecular weight is 321 g/mol. The minimum Gasteiger partial charge on any atom is -0.381 e. The van der Waals surface area contributed by atoms with Crippen LogP contribution in [0.1, 0.15) is 19.3 Å². The Morgan fingerprint density at radius 3 is 3.27 bits per heavy atom. The van der Waals surface area contributed by atoms with E-state index in [4.69, 9.17) is 4.74 Å². The molecule has 0 unspecified atom stereocenters. The molecule has 1 fully saturated rings. The molecule has 0 bridgehead atoms. The Morgan fingerprint density at radius 1 is 1.55 bits per heavy atom. The molecule has 2 aromatic rings. The molecular weight excluding hydrogens is 302 g/mol. The Kier molecular flexibility index (Phi) is 4.84. The van der Waals surface area contributed by atoms with Crippen molar-refractivity contribution in [2.45, 2.75) is 25.8 Å². The Hall–Kier alpha value is -1.73. The van der Waals surface area contributed by atoms with E-state index in [1.165, 1.54) is 22.2 Å². The number of hydrogen-bond donors (Lipinski definition) is 1.